The van der Waals surface area contributed by atoms with Crippen LogP contribution in [0.5, 0.6) is 0 Å². The van der Waals surface area contributed by atoms with E-state index in [4.69, 9.17) is 9.47 Å². The SMILES string of the molecule is COCCNC(=O)COC(=O)c1cc(C(=O)OC)cc([N+](=O)[O-])c1. The molecule has 0 aliphatic heterocycles. The third-order valence-electron chi connectivity index (χ3n) is 2.75. The molecule has 0 saturated heterocycles. The molecule has 0 saturated carbocycles. The summed E-state index contributed by atoms with van der Waals surface area (Å²) in [5.74, 6) is -2.38. The Hall–Kier alpha value is -3.01. The Labute approximate surface area is 136 Å². The molecule has 1 aromatic rings. The summed E-state index contributed by atoms with van der Waals surface area (Å²) in [7, 11) is 2.57. The van der Waals surface area contributed by atoms with Gasteiger partial charge in [-0.1, -0.05) is 0 Å². The van der Waals surface area contributed by atoms with E-state index in [-0.39, 0.29) is 17.7 Å². The van der Waals surface area contributed by atoms with Crippen LogP contribution in [0.25, 0.3) is 0 Å². The predicted molar refractivity (Wildman–Crippen MR) is 79.6 cm³/mol. The first-order valence-corrected chi connectivity index (χ1v) is 6.69. The van der Waals surface area contributed by atoms with Gasteiger partial charge in [-0.15, -0.1) is 0 Å². The molecule has 130 valence electrons. The van der Waals surface area contributed by atoms with E-state index in [9.17, 15) is 24.5 Å². The number of amides is 1. The van der Waals surface area contributed by atoms with Crippen LogP contribution in [-0.2, 0) is 19.0 Å². The zero-order chi connectivity index (χ0) is 18.1. The lowest BCUT2D eigenvalue weighted by molar-refractivity contribution is -0.384. The molecule has 0 heterocycles. The second kappa shape index (κ2) is 9.20. The van der Waals surface area contributed by atoms with Crippen molar-refractivity contribution in [3.8, 4) is 0 Å². The second-order valence-corrected chi connectivity index (χ2v) is 4.44. The van der Waals surface area contributed by atoms with Crippen LogP contribution < -0.4 is 5.32 Å². The molecule has 10 nitrogen and oxygen atoms in total. The minimum absolute atomic E-state index is 0.178. The average Bonchev–Trinajstić information content (AvgIpc) is 2.58. The number of rotatable bonds is 8. The van der Waals surface area contributed by atoms with Crippen molar-refractivity contribution >= 4 is 23.5 Å². The van der Waals surface area contributed by atoms with E-state index in [0.29, 0.717) is 6.61 Å². The van der Waals surface area contributed by atoms with Gasteiger partial charge in [0.15, 0.2) is 6.61 Å². The van der Waals surface area contributed by atoms with Gasteiger partial charge >= 0.3 is 11.9 Å². The van der Waals surface area contributed by atoms with E-state index in [1.807, 2.05) is 0 Å². The zero-order valence-corrected chi connectivity index (χ0v) is 13.1. The Balaban J connectivity index is 2.82. The molecule has 0 spiro atoms. The number of nitrogens with zero attached hydrogens (tertiary/aromatic N) is 1. The maximum Gasteiger partial charge on any atom is 0.338 e. The first kappa shape index (κ1) is 19.0. The number of nitro groups is 1. The van der Waals surface area contributed by atoms with E-state index in [1.165, 1.54) is 7.11 Å². The zero-order valence-electron chi connectivity index (χ0n) is 13.1. The Kier molecular flexibility index (Phi) is 7.30. The van der Waals surface area contributed by atoms with Gasteiger partial charge in [0.25, 0.3) is 11.6 Å². The predicted octanol–water partition coefficient (Wildman–Crippen LogP) is 0.301. The molecular weight excluding hydrogens is 324 g/mol. The average molecular weight is 340 g/mol. The van der Waals surface area contributed by atoms with Gasteiger partial charge in [-0.05, 0) is 6.07 Å². The van der Waals surface area contributed by atoms with Crippen LogP contribution in [0, 0.1) is 10.1 Å². The summed E-state index contributed by atoms with van der Waals surface area (Å²) >= 11 is 0. The van der Waals surface area contributed by atoms with Gasteiger partial charge in [0.05, 0.1) is 29.8 Å². The Morgan fingerprint density at radius 2 is 1.75 bits per heavy atom. The van der Waals surface area contributed by atoms with Crippen LogP contribution in [-0.4, -0.2) is 56.7 Å². The largest absolute Gasteiger partial charge is 0.465 e. The molecule has 0 aliphatic rings. The summed E-state index contributed by atoms with van der Waals surface area (Å²) in [4.78, 5) is 45.0. The van der Waals surface area contributed by atoms with Crippen LogP contribution in [0.1, 0.15) is 20.7 Å². The smallest absolute Gasteiger partial charge is 0.338 e. The van der Waals surface area contributed by atoms with Crippen LogP contribution in [0.2, 0.25) is 0 Å². The minimum atomic E-state index is -0.981. The monoisotopic (exact) mass is 340 g/mol. The number of carbonyl (C=O) groups excluding carboxylic acids is 3. The van der Waals surface area contributed by atoms with E-state index in [0.717, 1.165) is 25.3 Å². The highest BCUT2D eigenvalue weighted by Gasteiger charge is 2.19. The van der Waals surface area contributed by atoms with E-state index >= 15 is 0 Å². The van der Waals surface area contributed by atoms with Gasteiger partial charge in [0, 0.05) is 25.8 Å². The van der Waals surface area contributed by atoms with Crippen molar-refractivity contribution in [3.05, 3.63) is 39.4 Å². The number of hydrogen-bond donors (Lipinski definition) is 1. The van der Waals surface area contributed by atoms with Crippen LogP contribution in [0.15, 0.2) is 18.2 Å². The molecule has 0 bridgehead atoms. The van der Waals surface area contributed by atoms with Crippen LogP contribution in [0.4, 0.5) is 5.69 Å². The van der Waals surface area contributed by atoms with Crippen molar-refractivity contribution < 1.29 is 33.5 Å². The summed E-state index contributed by atoms with van der Waals surface area (Å²) < 4.78 is 14.0. The van der Waals surface area contributed by atoms with Gasteiger partial charge in [-0.2, -0.15) is 0 Å². The molecule has 1 N–H and O–H groups in total. The summed E-state index contributed by atoms with van der Waals surface area (Å²) in [6.07, 6.45) is 0. The molecule has 0 atom stereocenters. The lowest BCUT2D eigenvalue weighted by Crippen LogP contribution is -2.31. The van der Waals surface area contributed by atoms with E-state index in [1.54, 1.807) is 0 Å². The number of carbonyl (C=O) groups is 3. The highest BCUT2D eigenvalue weighted by Crippen LogP contribution is 2.18. The fraction of sp³-hybridized carbons (Fsp3) is 0.357. The highest BCUT2D eigenvalue weighted by atomic mass is 16.6. The number of nitro benzene ring substituents is 1. The molecule has 0 radical (unpaired) electrons. The van der Waals surface area contributed by atoms with Gasteiger partial charge in [0.2, 0.25) is 0 Å². The van der Waals surface area contributed by atoms with Crippen molar-refractivity contribution in [1.82, 2.24) is 5.32 Å². The van der Waals surface area contributed by atoms with Gasteiger partial charge in [-0.3, -0.25) is 14.9 Å². The highest BCUT2D eigenvalue weighted by molar-refractivity contribution is 5.97. The molecule has 1 aromatic carbocycles. The summed E-state index contributed by atoms with van der Waals surface area (Å²) in [6, 6.07) is 3.00. The van der Waals surface area contributed by atoms with E-state index < -0.39 is 35.1 Å². The molecule has 10 heteroatoms. The molecule has 0 aromatic heterocycles. The topological polar surface area (TPSA) is 134 Å². The maximum absolute atomic E-state index is 11.9. The van der Waals surface area contributed by atoms with Crippen molar-refractivity contribution in [3.63, 3.8) is 0 Å². The molecule has 0 aliphatic carbocycles. The third kappa shape index (κ3) is 5.65. The Morgan fingerprint density at radius 3 is 2.29 bits per heavy atom. The van der Waals surface area contributed by atoms with Crippen molar-refractivity contribution in [2.45, 2.75) is 0 Å². The summed E-state index contributed by atoms with van der Waals surface area (Å²) in [5.41, 5.74) is -0.896. The first-order valence-electron chi connectivity index (χ1n) is 6.69. The number of hydrogen-bond acceptors (Lipinski definition) is 8. The van der Waals surface area contributed by atoms with Crippen molar-refractivity contribution in [1.29, 1.82) is 0 Å². The standard InChI is InChI=1S/C14H16N2O8/c1-22-4-3-15-12(17)8-24-14(19)10-5-9(13(18)23-2)6-11(7-10)16(20)21/h5-7H,3-4,8H2,1-2H3,(H,15,17). The lowest BCUT2D eigenvalue weighted by atomic mass is 10.1. The normalized spacial score (nSPS) is 9.92. The van der Waals surface area contributed by atoms with E-state index in [2.05, 4.69) is 10.1 Å². The fourth-order valence-electron chi connectivity index (χ4n) is 1.63. The number of methoxy groups -OCH3 is 2. The van der Waals surface area contributed by atoms with Crippen molar-refractivity contribution in [2.24, 2.45) is 0 Å². The fourth-order valence-corrected chi connectivity index (χ4v) is 1.63. The van der Waals surface area contributed by atoms with Crippen LogP contribution >= 0.6 is 0 Å². The summed E-state index contributed by atoms with van der Waals surface area (Å²) in [5, 5.41) is 13.3. The number of ether oxygens (including phenoxy) is 3. The number of non-ortho nitro benzene ring substituents is 1. The van der Waals surface area contributed by atoms with Crippen LogP contribution in [0.3, 0.4) is 0 Å². The molecule has 1 rings (SSSR count). The molecule has 0 fully saturated rings. The molecule has 0 unspecified atom stereocenters. The lowest BCUT2D eigenvalue weighted by Gasteiger charge is -2.07. The maximum atomic E-state index is 11.9. The third-order valence-corrected chi connectivity index (χ3v) is 2.75. The minimum Gasteiger partial charge on any atom is -0.465 e. The number of benzene rings is 1. The number of nitrogens with one attached hydrogen (secondary N) is 1. The Bertz CT molecular complexity index is 644. The molecule has 24 heavy (non-hydrogen) atoms. The first-order chi connectivity index (χ1) is 11.4. The molecule has 1 amide bonds. The number of esters is 2. The van der Waals surface area contributed by atoms with Crippen molar-refractivity contribution in [2.75, 3.05) is 34.0 Å². The summed E-state index contributed by atoms with van der Waals surface area (Å²) in [6.45, 7) is -0.0258. The van der Waals surface area contributed by atoms with Gasteiger partial charge < -0.3 is 19.5 Å². The van der Waals surface area contributed by atoms with Gasteiger partial charge in [0.1, 0.15) is 0 Å². The van der Waals surface area contributed by atoms with Gasteiger partial charge in [-0.25, -0.2) is 9.59 Å². The quantitative estimate of drug-likeness (QED) is 0.309. The Morgan fingerprint density at radius 1 is 1.12 bits per heavy atom. The molecular formula is C14H16N2O8. The second-order valence-electron chi connectivity index (χ2n) is 4.44.